The molecule has 0 saturated carbocycles. The van der Waals surface area contributed by atoms with E-state index in [0.29, 0.717) is 13.1 Å². The molecule has 18 heavy (non-hydrogen) atoms. The first-order valence-corrected chi connectivity index (χ1v) is 7.24. The summed E-state index contributed by atoms with van der Waals surface area (Å²) >= 11 is 1.83. The number of hydrogen-bond donors (Lipinski definition) is 2. The highest BCUT2D eigenvalue weighted by Gasteiger charge is 2.20. The third-order valence-corrected chi connectivity index (χ3v) is 3.47. The highest BCUT2D eigenvalue weighted by molar-refractivity contribution is 7.99. The lowest BCUT2D eigenvalue weighted by Crippen LogP contribution is -2.46. The van der Waals surface area contributed by atoms with E-state index in [9.17, 15) is 5.11 Å². The molecule has 0 spiro atoms. The summed E-state index contributed by atoms with van der Waals surface area (Å²) in [4.78, 5) is 3.29. The van der Waals surface area contributed by atoms with Crippen LogP contribution < -0.4 is 5.32 Å². The van der Waals surface area contributed by atoms with Crippen molar-refractivity contribution in [2.45, 2.75) is 17.4 Å². The number of aliphatic hydroxyl groups is 1. The van der Waals surface area contributed by atoms with Crippen LogP contribution in [-0.4, -0.2) is 55.1 Å². The molecule has 102 valence electrons. The van der Waals surface area contributed by atoms with Crippen LogP contribution in [0.1, 0.15) is 6.92 Å². The van der Waals surface area contributed by atoms with Gasteiger partial charge >= 0.3 is 0 Å². The Morgan fingerprint density at radius 3 is 2.56 bits per heavy atom. The van der Waals surface area contributed by atoms with E-state index >= 15 is 0 Å². The normalized spacial score (nSPS) is 14.7. The SMILES string of the molecule is CN(C)CC(C)(O)CNCCSc1ccccc1. The summed E-state index contributed by atoms with van der Waals surface area (Å²) in [6, 6.07) is 10.4. The summed E-state index contributed by atoms with van der Waals surface area (Å²) < 4.78 is 0. The standard InChI is InChI=1S/C14H24N2OS/c1-14(17,12-16(2)3)11-15-9-10-18-13-7-5-4-6-8-13/h4-8,15,17H,9-12H2,1-3H3. The van der Waals surface area contributed by atoms with Gasteiger partial charge in [-0.05, 0) is 33.2 Å². The zero-order chi connectivity index (χ0) is 13.4. The number of nitrogens with zero attached hydrogens (tertiary/aromatic N) is 1. The summed E-state index contributed by atoms with van der Waals surface area (Å²) in [5, 5.41) is 13.4. The second-order valence-corrected chi connectivity index (χ2v) is 6.24. The van der Waals surface area contributed by atoms with Gasteiger partial charge in [-0.1, -0.05) is 18.2 Å². The van der Waals surface area contributed by atoms with Gasteiger partial charge in [-0.2, -0.15) is 0 Å². The van der Waals surface area contributed by atoms with Crippen LogP contribution in [0.15, 0.2) is 35.2 Å². The smallest absolute Gasteiger partial charge is 0.0869 e. The molecule has 0 radical (unpaired) electrons. The summed E-state index contributed by atoms with van der Waals surface area (Å²) in [7, 11) is 3.94. The van der Waals surface area contributed by atoms with E-state index in [0.717, 1.165) is 12.3 Å². The fourth-order valence-electron chi connectivity index (χ4n) is 1.85. The van der Waals surface area contributed by atoms with Gasteiger partial charge in [-0.15, -0.1) is 11.8 Å². The Morgan fingerprint density at radius 1 is 1.28 bits per heavy atom. The topological polar surface area (TPSA) is 35.5 Å². The fourth-order valence-corrected chi connectivity index (χ4v) is 2.68. The van der Waals surface area contributed by atoms with Crippen molar-refractivity contribution in [2.75, 3.05) is 39.5 Å². The van der Waals surface area contributed by atoms with E-state index in [1.807, 2.05) is 43.7 Å². The van der Waals surface area contributed by atoms with Gasteiger partial charge in [-0.3, -0.25) is 0 Å². The van der Waals surface area contributed by atoms with Gasteiger partial charge in [0.05, 0.1) is 5.60 Å². The quantitative estimate of drug-likeness (QED) is 0.555. The minimum absolute atomic E-state index is 0.626. The van der Waals surface area contributed by atoms with Gasteiger partial charge in [0.2, 0.25) is 0 Å². The number of thioether (sulfide) groups is 1. The molecule has 2 N–H and O–H groups in total. The van der Waals surface area contributed by atoms with Gasteiger partial charge < -0.3 is 15.3 Å². The van der Waals surface area contributed by atoms with E-state index < -0.39 is 5.60 Å². The molecule has 1 atom stereocenters. The lowest BCUT2D eigenvalue weighted by atomic mass is 10.1. The molecule has 3 nitrogen and oxygen atoms in total. The molecule has 0 saturated heterocycles. The molecule has 0 heterocycles. The van der Waals surface area contributed by atoms with Gasteiger partial charge in [0, 0.05) is 30.3 Å². The number of nitrogens with one attached hydrogen (secondary N) is 1. The second kappa shape index (κ2) is 7.79. The van der Waals surface area contributed by atoms with E-state index in [4.69, 9.17) is 0 Å². The fraction of sp³-hybridized carbons (Fsp3) is 0.571. The first kappa shape index (κ1) is 15.5. The van der Waals surface area contributed by atoms with Gasteiger partial charge in [0.1, 0.15) is 0 Å². The monoisotopic (exact) mass is 268 g/mol. The van der Waals surface area contributed by atoms with E-state index in [1.165, 1.54) is 4.90 Å². The first-order valence-electron chi connectivity index (χ1n) is 6.25. The average Bonchev–Trinajstić information content (AvgIpc) is 2.28. The molecule has 0 aliphatic carbocycles. The summed E-state index contributed by atoms with van der Waals surface area (Å²) in [6.45, 7) is 4.07. The van der Waals surface area contributed by atoms with Crippen LogP contribution in [0.25, 0.3) is 0 Å². The predicted octanol–water partition coefficient (Wildman–Crippen LogP) is 1.68. The van der Waals surface area contributed by atoms with Crippen molar-refractivity contribution in [1.82, 2.24) is 10.2 Å². The zero-order valence-electron chi connectivity index (χ0n) is 11.5. The maximum Gasteiger partial charge on any atom is 0.0869 e. The number of rotatable bonds is 8. The van der Waals surface area contributed by atoms with Crippen molar-refractivity contribution >= 4 is 11.8 Å². The van der Waals surface area contributed by atoms with Crippen molar-refractivity contribution in [3.63, 3.8) is 0 Å². The third-order valence-electron chi connectivity index (χ3n) is 2.45. The highest BCUT2D eigenvalue weighted by Crippen LogP contribution is 2.15. The number of hydrogen-bond acceptors (Lipinski definition) is 4. The van der Waals surface area contributed by atoms with Gasteiger partial charge in [-0.25, -0.2) is 0 Å². The summed E-state index contributed by atoms with van der Waals surface area (Å²) in [5.41, 5.74) is -0.666. The Labute approximate surface area is 115 Å². The molecule has 0 bridgehead atoms. The van der Waals surface area contributed by atoms with E-state index in [-0.39, 0.29) is 0 Å². The first-order chi connectivity index (χ1) is 8.49. The van der Waals surface area contributed by atoms with Crippen LogP contribution in [0.2, 0.25) is 0 Å². The van der Waals surface area contributed by atoms with Gasteiger partial charge in [0.25, 0.3) is 0 Å². The molecular formula is C14H24N2OS. The molecule has 1 aromatic rings. The molecule has 1 aromatic carbocycles. The van der Waals surface area contributed by atoms with E-state index in [2.05, 4.69) is 29.6 Å². The Balaban J connectivity index is 2.12. The van der Waals surface area contributed by atoms with E-state index in [1.54, 1.807) is 0 Å². The van der Waals surface area contributed by atoms with Crippen LogP contribution in [0.4, 0.5) is 0 Å². The predicted molar refractivity (Wildman–Crippen MR) is 79.2 cm³/mol. The highest BCUT2D eigenvalue weighted by atomic mass is 32.2. The molecule has 0 aromatic heterocycles. The maximum absolute atomic E-state index is 10.1. The summed E-state index contributed by atoms with van der Waals surface area (Å²) in [5.74, 6) is 1.02. The molecular weight excluding hydrogens is 244 g/mol. The van der Waals surface area contributed by atoms with Crippen LogP contribution >= 0.6 is 11.8 Å². The molecule has 0 fully saturated rings. The van der Waals surface area contributed by atoms with Crippen LogP contribution in [0.5, 0.6) is 0 Å². The lowest BCUT2D eigenvalue weighted by Gasteiger charge is -2.27. The molecule has 0 aliphatic rings. The van der Waals surface area contributed by atoms with Crippen molar-refractivity contribution in [3.05, 3.63) is 30.3 Å². The number of benzene rings is 1. The lowest BCUT2D eigenvalue weighted by molar-refractivity contribution is 0.0344. The van der Waals surface area contributed by atoms with Crippen molar-refractivity contribution in [1.29, 1.82) is 0 Å². The largest absolute Gasteiger partial charge is 0.388 e. The molecule has 1 unspecified atom stereocenters. The maximum atomic E-state index is 10.1. The van der Waals surface area contributed by atoms with Crippen LogP contribution in [0.3, 0.4) is 0 Å². The Bertz CT molecular complexity index is 328. The Hall–Kier alpha value is -0.550. The Morgan fingerprint density at radius 2 is 1.94 bits per heavy atom. The zero-order valence-corrected chi connectivity index (χ0v) is 12.3. The second-order valence-electron chi connectivity index (χ2n) is 5.07. The molecule has 1 rings (SSSR count). The average molecular weight is 268 g/mol. The van der Waals surface area contributed by atoms with Crippen molar-refractivity contribution < 1.29 is 5.11 Å². The van der Waals surface area contributed by atoms with Crippen molar-refractivity contribution in [2.24, 2.45) is 0 Å². The van der Waals surface area contributed by atoms with Crippen molar-refractivity contribution in [3.8, 4) is 0 Å². The minimum atomic E-state index is -0.666. The molecule has 0 aliphatic heterocycles. The molecule has 0 amide bonds. The number of likely N-dealkylation sites (N-methyl/N-ethyl adjacent to an activating group) is 1. The molecule has 4 heteroatoms. The summed E-state index contributed by atoms with van der Waals surface area (Å²) in [6.07, 6.45) is 0. The third kappa shape index (κ3) is 7.01. The Kier molecular flexibility index (Phi) is 6.71. The van der Waals surface area contributed by atoms with Crippen LogP contribution in [-0.2, 0) is 0 Å². The van der Waals surface area contributed by atoms with Crippen LogP contribution in [0, 0.1) is 0 Å². The minimum Gasteiger partial charge on any atom is -0.388 e. The van der Waals surface area contributed by atoms with Gasteiger partial charge in [0.15, 0.2) is 0 Å².